The predicted octanol–water partition coefficient (Wildman–Crippen LogP) is 30.2. The number of unbranched alkanes of at least 4 members (excludes halogenated alkanes) is 64. The monoisotopic (exact) mass is 1280 g/mol. The second kappa shape index (κ2) is 72.1. The fraction of sp³-hybridized carbons (Fsp3) is 0.989. The Morgan fingerprint density at radius 3 is 0.747 bits per heavy atom. The van der Waals surface area contributed by atoms with Crippen LogP contribution in [0.15, 0.2) is 0 Å². The molecule has 0 radical (unpaired) electrons. The molecule has 0 aromatic rings. The van der Waals surface area contributed by atoms with Gasteiger partial charge in [0.1, 0.15) is 0 Å². The van der Waals surface area contributed by atoms with Crippen molar-refractivity contribution in [2.45, 2.75) is 521 Å². The summed E-state index contributed by atoms with van der Waals surface area (Å²) in [6, 6.07) is 0. The molecule has 0 aliphatic heterocycles. The molecule has 1 fully saturated rings. The van der Waals surface area contributed by atoms with Crippen LogP contribution in [-0.2, 0) is 4.79 Å². The van der Waals surface area contributed by atoms with E-state index in [0.29, 0.717) is 18.8 Å². The van der Waals surface area contributed by atoms with E-state index >= 15 is 0 Å². The molecule has 0 amide bonds. The number of aliphatic carboxylic acids is 1. The van der Waals surface area contributed by atoms with Gasteiger partial charge in [0.25, 0.3) is 0 Å². The Morgan fingerprint density at radius 1 is 0.275 bits per heavy atom. The maximum atomic E-state index is 12.0. The molecule has 4 nitrogen and oxygen atoms in total. The molecule has 91 heavy (non-hydrogen) atoms. The lowest BCUT2D eigenvalue weighted by molar-refractivity contribution is -0.146. The van der Waals surface area contributed by atoms with Gasteiger partial charge in [-0.05, 0) is 55.8 Å². The molecule has 4 heteroatoms. The number of hydrogen-bond acceptors (Lipinski definition) is 3. The highest BCUT2D eigenvalue weighted by molar-refractivity contribution is 5.70. The van der Waals surface area contributed by atoms with Crippen molar-refractivity contribution in [2.24, 2.45) is 29.6 Å². The fourth-order valence-corrected chi connectivity index (χ4v) is 15.8. The molecule has 7 atom stereocenters. The summed E-state index contributed by atoms with van der Waals surface area (Å²) in [6.45, 7) is 9.46. The van der Waals surface area contributed by atoms with E-state index < -0.39 is 18.0 Å². The second-order valence-corrected chi connectivity index (χ2v) is 31.8. The number of rotatable bonds is 80. The van der Waals surface area contributed by atoms with Gasteiger partial charge in [0.2, 0.25) is 0 Å². The Labute approximate surface area is 574 Å². The van der Waals surface area contributed by atoms with E-state index in [-0.39, 0.29) is 6.10 Å². The average molecular weight is 1280 g/mol. The zero-order valence-corrected chi connectivity index (χ0v) is 63.3. The normalized spacial score (nSPS) is 15.8. The molecule has 0 aromatic carbocycles. The van der Waals surface area contributed by atoms with Gasteiger partial charge >= 0.3 is 5.97 Å². The van der Waals surface area contributed by atoms with E-state index in [1.165, 1.54) is 437 Å². The molecule has 1 unspecified atom stereocenters. The van der Waals surface area contributed by atoms with Gasteiger partial charge in [0.05, 0.1) is 18.1 Å². The van der Waals surface area contributed by atoms with Crippen LogP contribution in [0.3, 0.4) is 0 Å². The first-order valence-corrected chi connectivity index (χ1v) is 43.4. The third-order valence-electron chi connectivity index (χ3n) is 22.8. The molecule has 1 rings (SSSR count). The van der Waals surface area contributed by atoms with Crippen molar-refractivity contribution in [2.75, 3.05) is 0 Å². The molecule has 1 saturated carbocycles. The Hall–Kier alpha value is -0.610. The molecule has 544 valence electrons. The first kappa shape index (κ1) is 88.4. The molecule has 0 aromatic heterocycles. The van der Waals surface area contributed by atoms with Gasteiger partial charge in [-0.25, -0.2) is 0 Å². The SMILES string of the molecule is CCCCCCCCCCCCCCCCCCCCCCCCC(C(=O)O)[C@H](O)CCCCCCCCCCCCCCCC[C@H]1C[C@@H]1[C@@H](C)CCCCCCCCCCCCCCCCCC[C@@H](O)[C@H](C)CCCCCCCCCCCCCCCCCC. The van der Waals surface area contributed by atoms with E-state index in [0.717, 1.165) is 49.9 Å². The van der Waals surface area contributed by atoms with E-state index in [2.05, 4.69) is 27.7 Å². The quantitative estimate of drug-likeness (QED) is 0.0530. The minimum absolute atomic E-state index is 0.0809. The molecule has 0 bridgehead atoms. The maximum absolute atomic E-state index is 12.0. The smallest absolute Gasteiger partial charge is 0.309 e. The van der Waals surface area contributed by atoms with Crippen LogP contribution in [0.5, 0.6) is 0 Å². The van der Waals surface area contributed by atoms with Crippen LogP contribution < -0.4 is 0 Å². The summed E-state index contributed by atoms with van der Waals surface area (Å²) in [6.07, 6.45) is 102. The third-order valence-corrected chi connectivity index (χ3v) is 22.8. The van der Waals surface area contributed by atoms with Crippen LogP contribution in [0.4, 0.5) is 0 Å². The van der Waals surface area contributed by atoms with Crippen molar-refractivity contribution < 1.29 is 20.1 Å². The lowest BCUT2D eigenvalue weighted by Crippen LogP contribution is -2.28. The topological polar surface area (TPSA) is 77.8 Å². The van der Waals surface area contributed by atoms with Crippen molar-refractivity contribution in [3.05, 3.63) is 0 Å². The molecular weight excluding hydrogens is 1110 g/mol. The minimum atomic E-state index is -0.799. The average Bonchev–Trinajstić information content (AvgIpc) is 2.01. The Kier molecular flexibility index (Phi) is 70.1. The van der Waals surface area contributed by atoms with Crippen molar-refractivity contribution in [1.29, 1.82) is 0 Å². The summed E-state index contributed by atoms with van der Waals surface area (Å²) in [7, 11) is 0. The predicted molar refractivity (Wildman–Crippen MR) is 406 cm³/mol. The van der Waals surface area contributed by atoms with Crippen molar-refractivity contribution >= 4 is 5.97 Å². The van der Waals surface area contributed by atoms with Crippen LogP contribution in [0, 0.1) is 29.6 Å². The van der Waals surface area contributed by atoms with Gasteiger partial charge in [0.15, 0.2) is 0 Å². The highest BCUT2D eigenvalue weighted by Gasteiger charge is 2.39. The Bertz CT molecular complexity index is 1380. The van der Waals surface area contributed by atoms with Crippen LogP contribution in [-0.4, -0.2) is 33.5 Å². The van der Waals surface area contributed by atoms with Gasteiger partial charge in [0, 0.05) is 0 Å². The Balaban J connectivity index is 1.77. The fourth-order valence-electron chi connectivity index (χ4n) is 15.8. The van der Waals surface area contributed by atoms with Crippen LogP contribution >= 0.6 is 0 Å². The highest BCUT2D eigenvalue weighted by Crippen LogP contribution is 2.49. The standard InChI is InChI=1S/C87H172O4/c1-5-7-9-11-13-15-17-19-21-23-24-25-26-27-28-33-40-46-52-58-64-70-76-83(87(90)91)86(89)78-72-66-60-54-48-42-36-35-39-45-51-57-63-69-75-82-79-84(82)80(3)73-67-61-55-49-43-37-32-29-30-34-41-47-53-59-65-71-77-85(88)81(4)74-68-62-56-50-44-38-31-22-20-18-16-14-12-10-8-6-2/h80-86,88-89H,5-79H2,1-4H3,(H,90,91)/t80-,81+,82-,83?,84+,85+,86+/m0/s1. The first-order valence-electron chi connectivity index (χ1n) is 43.4. The number of hydrogen-bond donors (Lipinski definition) is 3. The summed E-state index contributed by atoms with van der Waals surface area (Å²) >= 11 is 0. The van der Waals surface area contributed by atoms with E-state index in [1.54, 1.807) is 0 Å². The number of carbonyl (C=O) groups is 1. The van der Waals surface area contributed by atoms with Crippen LogP contribution in [0.2, 0.25) is 0 Å². The zero-order valence-electron chi connectivity index (χ0n) is 63.3. The van der Waals surface area contributed by atoms with E-state index in [1.807, 2.05) is 0 Å². The molecule has 0 saturated heterocycles. The van der Waals surface area contributed by atoms with Gasteiger partial charge < -0.3 is 15.3 Å². The van der Waals surface area contributed by atoms with Gasteiger partial charge in [-0.15, -0.1) is 0 Å². The van der Waals surface area contributed by atoms with Crippen LogP contribution in [0.1, 0.15) is 509 Å². The van der Waals surface area contributed by atoms with Gasteiger partial charge in [-0.3, -0.25) is 4.79 Å². The van der Waals surface area contributed by atoms with Crippen LogP contribution in [0.25, 0.3) is 0 Å². The Morgan fingerprint density at radius 2 is 0.484 bits per heavy atom. The lowest BCUT2D eigenvalue weighted by atomic mass is 9.91. The number of carboxylic acid groups (broad SMARTS) is 1. The molecule has 1 aliphatic rings. The van der Waals surface area contributed by atoms with Crippen molar-refractivity contribution in [3.8, 4) is 0 Å². The van der Waals surface area contributed by atoms with E-state index in [9.17, 15) is 20.1 Å². The number of carboxylic acids is 1. The molecule has 0 heterocycles. The molecule has 0 spiro atoms. The first-order chi connectivity index (χ1) is 44.8. The van der Waals surface area contributed by atoms with E-state index in [4.69, 9.17) is 0 Å². The van der Waals surface area contributed by atoms with Crippen molar-refractivity contribution in [1.82, 2.24) is 0 Å². The highest BCUT2D eigenvalue weighted by atomic mass is 16.4. The summed E-state index contributed by atoms with van der Waals surface area (Å²) in [4.78, 5) is 12.0. The zero-order chi connectivity index (χ0) is 65.7. The van der Waals surface area contributed by atoms with Gasteiger partial charge in [-0.2, -0.15) is 0 Å². The minimum Gasteiger partial charge on any atom is -0.481 e. The van der Waals surface area contributed by atoms with Crippen molar-refractivity contribution in [3.63, 3.8) is 0 Å². The maximum Gasteiger partial charge on any atom is 0.309 e. The summed E-state index contributed by atoms with van der Waals surface area (Å²) in [5, 5.41) is 31.3. The summed E-state index contributed by atoms with van der Waals surface area (Å²) in [5.74, 6) is 2.16. The second-order valence-electron chi connectivity index (χ2n) is 31.8. The molecular formula is C87H172O4. The molecule has 3 N–H and O–H groups in total. The molecule has 1 aliphatic carbocycles. The number of aliphatic hydroxyl groups is 2. The van der Waals surface area contributed by atoms with Gasteiger partial charge in [-0.1, -0.05) is 477 Å². The third kappa shape index (κ3) is 63.9. The largest absolute Gasteiger partial charge is 0.481 e. The summed E-state index contributed by atoms with van der Waals surface area (Å²) < 4.78 is 0. The number of aliphatic hydroxyl groups excluding tert-OH is 2. The summed E-state index contributed by atoms with van der Waals surface area (Å²) in [5.41, 5.74) is 0. The lowest BCUT2D eigenvalue weighted by Gasteiger charge is -2.19.